The Kier molecular flexibility index (Phi) is 2.46. The molecule has 3 aromatic rings. The fraction of sp³-hybridized carbons (Fsp3) is 0. The molecule has 0 aliphatic rings. The molecule has 2 heterocycles. The Hall–Kier alpha value is -1.65. The van der Waals surface area contributed by atoms with E-state index >= 15 is 0 Å². The minimum Gasteiger partial charge on any atom is -0.383 e. The van der Waals surface area contributed by atoms with Crippen LogP contribution in [0.1, 0.15) is 0 Å². The molecular weight excluding hydrogens is 254 g/mol. The van der Waals surface area contributed by atoms with Gasteiger partial charge in [0.2, 0.25) is 0 Å². The van der Waals surface area contributed by atoms with Crippen LogP contribution in [-0.2, 0) is 0 Å². The molecule has 0 spiro atoms. The first-order valence-electron chi connectivity index (χ1n) is 4.99. The maximum absolute atomic E-state index is 5.99. The van der Waals surface area contributed by atoms with Crippen molar-refractivity contribution in [2.24, 2.45) is 0 Å². The number of benzene rings is 1. The van der Waals surface area contributed by atoms with E-state index in [1.165, 1.54) is 6.33 Å². The van der Waals surface area contributed by atoms with Crippen LogP contribution in [0.3, 0.4) is 0 Å². The molecule has 0 radical (unpaired) electrons. The van der Waals surface area contributed by atoms with Crippen molar-refractivity contribution in [3.05, 3.63) is 41.0 Å². The third kappa shape index (κ3) is 1.75. The van der Waals surface area contributed by atoms with Gasteiger partial charge in [0.25, 0.3) is 0 Å². The predicted octanol–water partition coefficient (Wildman–Crippen LogP) is 3.59. The normalized spacial score (nSPS) is 10.9. The Morgan fingerprint density at radius 3 is 2.94 bits per heavy atom. The summed E-state index contributed by atoms with van der Waals surface area (Å²) in [6, 6.07) is 7.68. The van der Waals surface area contributed by atoms with Crippen LogP contribution < -0.4 is 5.73 Å². The summed E-state index contributed by atoms with van der Waals surface area (Å²) < 4.78 is 0. The lowest BCUT2D eigenvalue weighted by Gasteiger charge is -2.01. The number of hydrogen-bond acceptors (Lipinski definition) is 4. The summed E-state index contributed by atoms with van der Waals surface area (Å²) in [6.45, 7) is 0. The number of fused-ring (bicyclic) bond motifs is 1. The minimum absolute atomic E-state index is 0.506. The van der Waals surface area contributed by atoms with E-state index in [1.807, 2.05) is 29.6 Å². The number of rotatable bonds is 1. The van der Waals surface area contributed by atoms with Gasteiger partial charge >= 0.3 is 0 Å². The summed E-state index contributed by atoms with van der Waals surface area (Å²) >= 11 is 7.55. The number of nitrogens with two attached hydrogens (primary N) is 1. The van der Waals surface area contributed by atoms with E-state index < -0.39 is 0 Å². The zero-order valence-electron chi connectivity index (χ0n) is 8.72. The lowest BCUT2D eigenvalue weighted by molar-refractivity contribution is 1.24. The van der Waals surface area contributed by atoms with Crippen molar-refractivity contribution < 1.29 is 0 Å². The van der Waals surface area contributed by atoms with Crippen LogP contribution >= 0.6 is 22.9 Å². The third-order valence-corrected chi connectivity index (χ3v) is 3.66. The monoisotopic (exact) mass is 261 g/mol. The second-order valence-electron chi connectivity index (χ2n) is 3.60. The van der Waals surface area contributed by atoms with E-state index in [0.717, 1.165) is 21.3 Å². The van der Waals surface area contributed by atoms with Gasteiger partial charge in [0.15, 0.2) is 0 Å². The number of halogens is 1. The van der Waals surface area contributed by atoms with Crippen LogP contribution in [0.4, 0.5) is 5.82 Å². The maximum Gasteiger partial charge on any atom is 0.136 e. The van der Waals surface area contributed by atoms with E-state index in [0.29, 0.717) is 10.8 Å². The maximum atomic E-state index is 5.99. The molecule has 5 heteroatoms. The Morgan fingerprint density at radius 2 is 2.12 bits per heavy atom. The van der Waals surface area contributed by atoms with Gasteiger partial charge < -0.3 is 5.73 Å². The fourth-order valence-electron chi connectivity index (χ4n) is 1.77. The molecule has 0 atom stereocenters. The molecule has 0 aliphatic carbocycles. The van der Waals surface area contributed by atoms with Gasteiger partial charge in [-0.25, -0.2) is 9.97 Å². The first-order chi connectivity index (χ1) is 8.25. The minimum atomic E-state index is 0.506. The molecule has 1 aromatic carbocycles. The number of anilines is 1. The van der Waals surface area contributed by atoms with Gasteiger partial charge in [-0.2, -0.15) is 0 Å². The van der Waals surface area contributed by atoms with Crippen molar-refractivity contribution in [1.82, 2.24) is 9.97 Å². The van der Waals surface area contributed by atoms with E-state index in [4.69, 9.17) is 17.3 Å². The zero-order chi connectivity index (χ0) is 11.8. The molecule has 0 unspecified atom stereocenters. The Balaban J connectivity index is 2.31. The smallest absolute Gasteiger partial charge is 0.136 e. The first-order valence-corrected chi connectivity index (χ1v) is 6.25. The average molecular weight is 262 g/mol. The number of aromatic nitrogens is 2. The SMILES string of the molecule is Nc1ncnc2scc(-c3cccc(Cl)c3)c12. The van der Waals surface area contributed by atoms with E-state index in [-0.39, 0.29) is 0 Å². The summed E-state index contributed by atoms with van der Waals surface area (Å²) in [5.74, 6) is 0.506. The van der Waals surface area contributed by atoms with Gasteiger partial charge in [-0.15, -0.1) is 11.3 Å². The molecule has 0 saturated heterocycles. The Labute approximate surface area is 107 Å². The Bertz CT molecular complexity index is 693. The molecule has 17 heavy (non-hydrogen) atoms. The van der Waals surface area contributed by atoms with Crippen molar-refractivity contribution in [1.29, 1.82) is 0 Å². The van der Waals surface area contributed by atoms with Crippen LogP contribution in [0, 0.1) is 0 Å². The van der Waals surface area contributed by atoms with Crippen LogP contribution in [0.5, 0.6) is 0 Å². The van der Waals surface area contributed by atoms with Crippen LogP contribution in [0.2, 0.25) is 5.02 Å². The van der Waals surface area contributed by atoms with Crippen molar-refractivity contribution in [2.75, 3.05) is 5.73 Å². The predicted molar refractivity (Wildman–Crippen MR) is 72.3 cm³/mol. The highest BCUT2D eigenvalue weighted by molar-refractivity contribution is 7.17. The van der Waals surface area contributed by atoms with Crippen LogP contribution in [0.15, 0.2) is 36.0 Å². The second-order valence-corrected chi connectivity index (χ2v) is 4.89. The van der Waals surface area contributed by atoms with Crippen molar-refractivity contribution in [3.8, 4) is 11.1 Å². The summed E-state index contributed by atoms with van der Waals surface area (Å²) in [5, 5.41) is 3.64. The third-order valence-electron chi connectivity index (χ3n) is 2.54. The molecule has 2 N–H and O–H groups in total. The van der Waals surface area contributed by atoms with Crippen molar-refractivity contribution in [2.45, 2.75) is 0 Å². The molecule has 0 bridgehead atoms. The first kappa shape index (κ1) is 10.5. The van der Waals surface area contributed by atoms with Gasteiger partial charge in [0.05, 0.1) is 5.39 Å². The van der Waals surface area contributed by atoms with E-state index in [2.05, 4.69) is 9.97 Å². The molecule has 2 aromatic heterocycles. The molecule has 0 fully saturated rings. The standard InChI is InChI=1S/C12H8ClN3S/c13-8-3-1-2-7(4-8)9-5-17-12-10(9)11(14)15-6-16-12/h1-6H,(H2,14,15,16). The summed E-state index contributed by atoms with van der Waals surface area (Å²) in [6.07, 6.45) is 1.48. The van der Waals surface area contributed by atoms with Gasteiger partial charge in [0, 0.05) is 16.0 Å². The molecule has 0 aliphatic heterocycles. The highest BCUT2D eigenvalue weighted by Crippen LogP contribution is 2.35. The van der Waals surface area contributed by atoms with Crippen LogP contribution in [-0.4, -0.2) is 9.97 Å². The second kappa shape index (κ2) is 3.98. The average Bonchev–Trinajstić information content (AvgIpc) is 2.74. The summed E-state index contributed by atoms with van der Waals surface area (Å²) in [4.78, 5) is 9.13. The van der Waals surface area contributed by atoms with Gasteiger partial charge in [-0.05, 0) is 17.7 Å². The number of nitrogen functional groups attached to an aromatic ring is 1. The number of nitrogens with zero attached hydrogens (tertiary/aromatic N) is 2. The molecular formula is C12H8ClN3S. The highest BCUT2D eigenvalue weighted by atomic mass is 35.5. The molecule has 3 nitrogen and oxygen atoms in total. The van der Waals surface area contributed by atoms with E-state index in [9.17, 15) is 0 Å². The van der Waals surface area contributed by atoms with Gasteiger partial charge in [-0.3, -0.25) is 0 Å². The van der Waals surface area contributed by atoms with Gasteiger partial charge in [-0.1, -0.05) is 23.7 Å². The largest absolute Gasteiger partial charge is 0.383 e. The van der Waals surface area contributed by atoms with Gasteiger partial charge in [0.1, 0.15) is 17.0 Å². The van der Waals surface area contributed by atoms with E-state index in [1.54, 1.807) is 11.3 Å². The van der Waals surface area contributed by atoms with Crippen molar-refractivity contribution >= 4 is 39.0 Å². The topological polar surface area (TPSA) is 51.8 Å². The van der Waals surface area contributed by atoms with Crippen LogP contribution in [0.25, 0.3) is 21.3 Å². The summed E-state index contributed by atoms with van der Waals surface area (Å²) in [5.41, 5.74) is 7.97. The quantitative estimate of drug-likeness (QED) is 0.728. The highest BCUT2D eigenvalue weighted by Gasteiger charge is 2.11. The summed E-state index contributed by atoms with van der Waals surface area (Å²) in [7, 11) is 0. The lowest BCUT2D eigenvalue weighted by atomic mass is 10.1. The zero-order valence-corrected chi connectivity index (χ0v) is 10.3. The lowest BCUT2D eigenvalue weighted by Crippen LogP contribution is -1.91. The molecule has 0 saturated carbocycles. The molecule has 84 valence electrons. The number of thiophene rings is 1. The Morgan fingerprint density at radius 1 is 1.24 bits per heavy atom. The molecule has 0 amide bonds. The number of hydrogen-bond donors (Lipinski definition) is 1. The molecule has 3 rings (SSSR count). The fourth-order valence-corrected chi connectivity index (χ4v) is 2.88. The van der Waals surface area contributed by atoms with Crippen molar-refractivity contribution in [3.63, 3.8) is 0 Å².